The Balaban J connectivity index is 1.93. The van der Waals surface area contributed by atoms with Crippen LogP contribution in [-0.2, 0) is 20.7 Å². The lowest BCUT2D eigenvalue weighted by atomic mass is 10.00. The van der Waals surface area contributed by atoms with E-state index in [1.165, 1.54) is 12.1 Å². The molecule has 1 saturated heterocycles. The minimum atomic E-state index is -0.939. The number of carbonyl (C=O) groups excluding carboxylic acids is 2. The molecule has 1 aromatic carbocycles. The lowest BCUT2D eigenvalue weighted by molar-refractivity contribution is -0.146. The summed E-state index contributed by atoms with van der Waals surface area (Å²) in [5, 5.41) is 0. The summed E-state index contributed by atoms with van der Waals surface area (Å²) < 4.78 is 30.9. The Hall–Kier alpha value is -1.98. The Labute approximate surface area is 108 Å². The van der Waals surface area contributed by atoms with Crippen LogP contribution in [0.15, 0.2) is 18.2 Å². The first-order valence-corrected chi connectivity index (χ1v) is 5.74. The Morgan fingerprint density at radius 2 is 2.00 bits per heavy atom. The van der Waals surface area contributed by atoms with Crippen LogP contribution in [0.2, 0.25) is 0 Å². The van der Waals surface area contributed by atoms with Gasteiger partial charge in [0.1, 0.15) is 23.7 Å². The first-order valence-electron chi connectivity index (χ1n) is 5.74. The molecule has 0 spiro atoms. The summed E-state index contributed by atoms with van der Waals surface area (Å²) in [5.74, 6) is -3.65. The molecule has 1 aromatic rings. The molecular weight excluding hydrogens is 256 g/mol. The summed E-state index contributed by atoms with van der Waals surface area (Å²) in [6.07, 6.45) is 1.44. The van der Waals surface area contributed by atoms with Crippen LogP contribution in [0, 0.1) is 24.0 Å². The molecule has 1 heterocycles. The standard InChI is InChI=1S/C13H12F2NO3/c14-8-3-7(4-9(15)5-8)1-2-10-6-11(12(16)17)13(18)19-10/h2-5,10-11H,1,6H2,(H2,16,17). The number of esters is 1. The lowest BCUT2D eigenvalue weighted by Crippen LogP contribution is -2.26. The van der Waals surface area contributed by atoms with Gasteiger partial charge in [0.15, 0.2) is 0 Å². The molecule has 4 nitrogen and oxygen atoms in total. The van der Waals surface area contributed by atoms with Crippen LogP contribution >= 0.6 is 0 Å². The summed E-state index contributed by atoms with van der Waals surface area (Å²) in [7, 11) is 0. The Morgan fingerprint density at radius 3 is 2.53 bits per heavy atom. The molecular formula is C13H12F2NO3. The quantitative estimate of drug-likeness (QED) is 0.657. The van der Waals surface area contributed by atoms with Crippen molar-refractivity contribution in [3.05, 3.63) is 41.8 Å². The third kappa shape index (κ3) is 3.27. The maximum Gasteiger partial charge on any atom is 0.318 e. The highest BCUT2D eigenvalue weighted by Gasteiger charge is 2.38. The molecule has 0 aliphatic carbocycles. The molecule has 0 aromatic heterocycles. The van der Waals surface area contributed by atoms with Crippen LogP contribution in [-0.4, -0.2) is 18.0 Å². The van der Waals surface area contributed by atoms with E-state index in [-0.39, 0.29) is 12.8 Å². The number of rotatable bonds is 4. The zero-order valence-corrected chi connectivity index (χ0v) is 9.94. The van der Waals surface area contributed by atoms with Crippen LogP contribution in [0.3, 0.4) is 0 Å². The van der Waals surface area contributed by atoms with Gasteiger partial charge < -0.3 is 10.5 Å². The molecule has 101 valence electrons. The molecule has 2 N–H and O–H groups in total. The first kappa shape index (κ1) is 13.5. The monoisotopic (exact) mass is 268 g/mol. The zero-order chi connectivity index (χ0) is 14.0. The Bertz CT molecular complexity index is 498. The van der Waals surface area contributed by atoms with E-state index in [0.29, 0.717) is 5.56 Å². The molecule has 0 bridgehead atoms. The molecule has 1 radical (unpaired) electrons. The SMILES string of the molecule is NC(=O)C1CC([CH]Cc2cc(F)cc(F)c2)OC1=O. The number of primary amides is 1. The van der Waals surface area contributed by atoms with Gasteiger partial charge in [-0.2, -0.15) is 0 Å². The van der Waals surface area contributed by atoms with Crippen LogP contribution in [0.25, 0.3) is 0 Å². The van der Waals surface area contributed by atoms with E-state index in [2.05, 4.69) is 0 Å². The third-order valence-corrected chi connectivity index (χ3v) is 2.90. The number of amides is 1. The van der Waals surface area contributed by atoms with Crippen molar-refractivity contribution in [3.8, 4) is 0 Å². The third-order valence-electron chi connectivity index (χ3n) is 2.90. The Morgan fingerprint density at radius 1 is 1.37 bits per heavy atom. The van der Waals surface area contributed by atoms with Gasteiger partial charge in [-0.3, -0.25) is 9.59 Å². The molecule has 1 aliphatic rings. The van der Waals surface area contributed by atoms with Gasteiger partial charge in [-0.25, -0.2) is 8.78 Å². The van der Waals surface area contributed by atoms with E-state index in [0.717, 1.165) is 6.07 Å². The number of ether oxygens (including phenoxy) is 1. The summed E-state index contributed by atoms with van der Waals surface area (Å²) in [6.45, 7) is 0. The van der Waals surface area contributed by atoms with Crippen LogP contribution < -0.4 is 5.73 Å². The van der Waals surface area contributed by atoms with Crippen molar-refractivity contribution in [2.75, 3.05) is 0 Å². The van der Waals surface area contributed by atoms with Gasteiger partial charge in [0, 0.05) is 18.9 Å². The molecule has 1 aliphatic heterocycles. The van der Waals surface area contributed by atoms with Gasteiger partial charge in [-0.1, -0.05) is 0 Å². The molecule has 1 amide bonds. The van der Waals surface area contributed by atoms with E-state index in [4.69, 9.17) is 10.5 Å². The van der Waals surface area contributed by atoms with E-state index in [9.17, 15) is 18.4 Å². The Kier molecular flexibility index (Phi) is 3.78. The normalized spacial score (nSPS) is 22.3. The van der Waals surface area contributed by atoms with Crippen molar-refractivity contribution in [3.63, 3.8) is 0 Å². The van der Waals surface area contributed by atoms with Crippen molar-refractivity contribution in [2.24, 2.45) is 11.7 Å². The largest absolute Gasteiger partial charge is 0.461 e. The fourth-order valence-electron chi connectivity index (χ4n) is 1.98. The van der Waals surface area contributed by atoms with Crippen molar-refractivity contribution < 1.29 is 23.1 Å². The fourth-order valence-corrected chi connectivity index (χ4v) is 1.98. The zero-order valence-electron chi connectivity index (χ0n) is 9.94. The predicted molar refractivity (Wildman–Crippen MR) is 61.5 cm³/mol. The van der Waals surface area contributed by atoms with Gasteiger partial charge >= 0.3 is 5.97 Å². The summed E-state index contributed by atoms with van der Waals surface area (Å²) in [6, 6.07) is 3.17. The van der Waals surface area contributed by atoms with Crippen LogP contribution in [0.4, 0.5) is 8.78 Å². The molecule has 19 heavy (non-hydrogen) atoms. The number of carbonyl (C=O) groups is 2. The predicted octanol–water partition coefficient (Wildman–Crippen LogP) is 1.13. The first-order chi connectivity index (χ1) is 8.95. The minimum absolute atomic E-state index is 0.173. The van der Waals surface area contributed by atoms with Crippen molar-refractivity contribution in [1.82, 2.24) is 0 Å². The van der Waals surface area contributed by atoms with Gasteiger partial charge in [-0.15, -0.1) is 0 Å². The number of halogens is 2. The highest BCUT2D eigenvalue weighted by atomic mass is 19.1. The fraction of sp³-hybridized carbons (Fsp3) is 0.308. The topological polar surface area (TPSA) is 69.4 Å². The van der Waals surface area contributed by atoms with Crippen molar-refractivity contribution >= 4 is 11.9 Å². The van der Waals surface area contributed by atoms with Gasteiger partial charge in [0.25, 0.3) is 0 Å². The molecule has 2 atom stereocenters. The van der Waals surface area contributed by atoms with E-state index >= 15 is 0 Å². The maximum absolute atomic E-state index is 13.0. The van der Waals surface area contributed by atoms with Crippen LogP contribution in [0.5, 0.6) is 0 Å². The highest BCUT2D eigenvalue weighted by molar-refractivity contribution is 5.98. The van der Waals surface area contributed by atoms with Crippen molar-refractivity contribution in [2.45, 2.75) is 18.9 Å². The maximum atomic E-state index is 13.0. The molecule has 2 unspecified atom stereocenters. The van der Waals surface area contributed by atoms with E-state index in [1.807, 2.05) is 0 Å². The molecule has 1 fully saturated rings. The molecule has 6 heteroatoms. The second-order valence-corrected chi connectivity index (χ2v) is 4.38. The number of benzene rings is 1. The van der Waals surface area contributed by atoms with Gasteiger partial charge in [0.2, 0.25) is 5.91 Å². The highest BCUT2D eigenvalue weighted by Crippen LogP contribution is 2.24. The van der Waals surface area contributed by atoms with Crippen LogP contribution in [0.1, 0.15) is 12.0 Å². The second-order valence-electron chi connectivity index (χ2n) is 4.38. The second kappa shape index (κ2) is 5.34. The molecule has 0 saturated carbocycles. The van der Waals surface area contributed by atoms with Gasteiger partial charge in [-0.05, 0) is 24.1 Å². The average molecular weight is 268 g/mol. The van der Waals surface area contributed by atoms with Crippen molar-refractivity contribution in [1.29, 1.82) is 0 Å². The summed E-state index contributed by atoms with van der Waals surface area (Å²) in [4.78, 5) is 22.2. The average Bonchev–Trinajstić information content (AvgIpc) is 2.67. The van der Waals surface area contributed by atoms with E-state index in [1.54, 1.807) is 6.42 Å². The number of nitrogens with two attached hydrogens (primary N) is 1. The van der Waals surface area contributed by atoms with Gasteiger partial charge in [0.05, 0.1) is 0 Å². The smallest absolute Gasteiger partial charge is 0.318 e. The minimum Gasteiger partial charge on any atom is -0.461 e. The number of cyclic esters (lactones) is 1. The number of hydrogen-bond acceptors (Lipinski definition) is 3. The number of hydrogen-bond donors (Lipinski definition) is 1. The molecule has 2 rings (SSSR count). The summed E-state index contributed by atoms with van der Waals surface area (Å²) in [5.41, 5.74) is 5.47. The summed E-state index contributed by atoms with van der Waals surface area (Å²) >= 11 is 0. The lowest BCUT2D eigenvalue weighted by Gasteiger charge is -2.08. The van der Waals surface area contributed by atoms with E-state index < -0.39 is 35.5 Å².